The van der Waals surface area contributed by atoms with E-state index in [0.29, 0.717) is 5.82 Å². The fourth-order valence-corrected chi connectivity index (χ4v) is 3.15. The van der Waals surface area contributed by atoms with Crippen molar-refractivity contribution >= 4 is 10.9 Å². The maximum absolute atomic E-state index is 4.38. The summed E-state index contributed by atoms with van der Waals surface area (Å²) in [6.45, 7) is 2.13. The molecule has 0 aliphatic carbocycles. The molecule has 0 aliphatic rings. The number of benzene rings is 2. The summed E-state index contributed by atoms with van der Waals surface area (Å²) in [7, 11) is 2.09. The fraction of sp³-hybridized carbons (Fsp3) is 0.100. The van der Waals surface area contributed by atoms with Gasteiger partial charge in [0.15, 0.2) is 5.82 Å². The van der Waals surface area contributed by atoms with Gasteiger partial charge in [-0.2, -0.15) is 4.57 Å². The van der Waals surface area contributed by atoms with Gasteiger partial charge in [0.25, 0.3) is 0 Å². The van der Waals surface area contributed by atoms with E-state index in [2.05, 4.69) is 82.0 Å². The van der Waals surface area contributed by atoms with Crippen LogP contribution >= 0.6 is 0 Å². The van der Waals surface area contributed by atoms with E-state index in [-0.39, 0.29) is 0 Å². The number of hydrogen-bond donors (Lipinski definition) is 0. The van der Waals surface area contributed by atoms with Gasteiger partial charge in [0.05, 0.1) is 5.56 Å². The molecular weight excluding hydrogens is 296 g/mol. The van der Waals surface area contributed by atoms with Crippen LogP contribution in [0, 0.1) is 6.92 Å². The molecule has 0 atom stereocenters. The van der Waals surface area contributed by atoms with Crippen LogP contribution in [0.15, 0.2) is 67.3 Å². The van der Waals surface area contributed by atoms with Gasteiger partial charge < -0.3 is 0 Å². The third-order valence-corrected chi connectivity index (χ3v) is 4.32. The van der Waals surface area contributed by atoms with E-state index in [1.165, 1.54) is 16.6 Å². The summed E-state index contributed by atoms with van der Waals surface area (Å²) >= 11 is 0. The molecule has 0 fully saturated rings. The molecule has 24 heavy (non-hydrogen) atoms. The third-order valence-electron chi connectivity index (χ3n) is 4.32. The van der Waals surface area contributed by atoms with Crippen LogP contribution in [0.3, 0.4) is 0 Å². The highest BCUT2D eigenvalue weighted by Crippen LogP contribution is 2.31. The Labute approximate surface area is 140 Å². The quantitative estimate of drug-likeness (QED) is 0.532. The maximum atomic E-state index is 4.38. The Morgan fingerprint density at radius 3 is 2.33 bits per heavy atom. The Morgan fingerprint density at radius 1 is 0.833 bits per heavy atom. The van der Waals surface area contributed by atoms with Crippen LogP contribution in [0.2, 0.25) is 0 Å². The first kappa shape index (κ1) is 14.5. The van der Waals surface area contributed by atoms with Crippen molar-refractivity contribution in [2.24, 2.45) is 7.05 Å². The van der Waals surface area contributed by atoms with Gasteiger partial charge in [-0.05, 0) is 30.7 Å². The van der Waals surface area contributed by atoms with Crippen LogP contribution in [0.1, 0.15) is 5.56 Å². The Bertz CT molecular complexity index is 1030. The average molecular weight is 313 g/mol. The van der Waals surface area contributed by atoms with Crippen molar-refractivity contribution in [1.82, 2.24) is 15.0 Å². The Kier molecular flexibility index (Phi) is 3.50. The molecule has 2 aromatic heterocycles. The number of pyridine rings is 1. The Morgan fingerprint density at radius 2 is 1.54 bits per heavy atom. The van der Waals surface area contributed by atoms with E-state index in [0.717, 1.165) is 16.6 Å². The molecule has 0 spiro atoms. The smallest absolute Gasteiger partial charge is 0.224 e. The molecule has 0 radical (unpaired) electrons. The number of rotatable bonds is 2. The summed E-state index contributed by atoms with van der Waals surface area (Å²) in [6.07, 6.45) is 3.08. The minimum Gasteiger partial charge on any atom is -0.225 e. The summed E-state index contributed by atoms with van der Waals surface area (Å²) in [4.78, 5) is 12.7. The number of hydrogen-bond acceptors (Lipinski definition) is 3. The zero-order chi connectivity index (χ0) is 16.5. The van der Waals surface area contributed by atoms with Gasteiger partial charge in [-0.15, -0.1) is 0 Å². The normalized spacial score (nSPS) is 10.9. The summed E-state index contributed by atoms with van der Waals surface area (Å²) in [5.74, 6) is 0.685. The van der Waals surface area contributed by atoms with Gasteiger partial charge in [-0.25, -0.2) is 15.0 Å². The van der Waals surface area contributed by atoms with Crippen molar-refractivity contribution in [3.63, 3.8) is 0 Å². The number of aromatic nitrogens is 4. The van der Waals surface area contributed by atoms with Gasteiger partial charge in [0.1, 0.15) is 19.7 Å². The molecule has 2 heterocycles. The zero-order valence-corrected chi connectivity index (χ0v) is 13.6. The summed E-state index contributed by atoms with van der Waals surface area (Å²) < 4.78 is 2.22. The average Bonchev–Trinajstić information content (AvgIpc) is 2.63. The Hall–Kier alpha value is -3.14. The van der Waals surface area contributed by atoms with E-state index in [9.17, 15) is 0 Å². The van der Waals surface area contributed by atoms with Crippen LogP contribution in [0.5, 0.6) is 0 Å². The van der Waals surface area contributed by atoms with Crippen LogP contribution in [0.4, 0.5) is 0 Å². The molecule has 0 saturated heterocycles. The van der Waals surface area contributed by atoms with E-state index < -0.39 is 0 Å². The predicted octanol–water partition coefficient (Wildman–Crippen LogP) is 3.49. The largest absolute Gasteiger partial charge is 0.225 e. The highest BCUT2D eigenvalue weighted by molar-refractivity contribution is 5.86. The molecule has 116 valence electrons. The molecule has 4 nitrogen and oxygen atoms in total. The molecular formula is C20H17N4+. The van der Waals surface area contributed by atoms with Crippen LogP contribution in [-0.4, -0.2) is 15.0 Å². The van der Waals surface area contributed by atoms with Crippen molar-refractivity contribution in [3.8, 4) is 22.6 Å². The first-order chi connectivity index (χ1) is 11.8. The van der Waals surface area contributed by atoms with Crippen molar-refractivity contribution < 1.29 is 4.57 Å². The molecule has 4 aromatic rings. The highest BCUT2D eigenvalue weighted by atomic mass is 15.0. The molecule has 4 rings (SSSR count). The predicted molar refractivity (Wildman–Crippen MR) is 94.1 cm³/mol. The minimum atomic E-state index is 0.685. The number of fused-ring (bicyclic) bond motifs is 1. The zero-order valence-electron chi connectivity index (χ0n) is 13.6. The van der Waals surface area contributed by atoms with E-state index in [1.807, 2.05) is 6.07 Å². The standard InChI is InChI=1S/C20H17N4/c1-14-7-3-5-9-16(14)19-17(20-22-12-21-13-23-20)11-15-8-4-6-10-18(15)24(19)2/h3-13H,1-2H3/q+1. The van der Waals surface area contributed by atoms with E-state index in [4.69, 9.17) is 0 Å². The molecule has 0 amide bonds. The van der Waals surface area contributed by atoms with Crippen LogP contribution < -0.4 is 4.57 Å². The van der Waals surface area contributed by atoms with Gasteiger partial charge in [0.2, 0.25) is 11.2 Å². The molecule has 0 unspecified atom stereocenters. The van der Waals surface area contributed by atoms with Crippen molar-refractivity contribution in [2.45, 2.75) is 6.92 Å². The second kappa shape index (κ2) is 5.81. The Balaban J connectivity index is 2.14. The molecule has 4 heteroatoms. The number of nitrogens with zero attached hydrogens (tertiary/aromatic N) is 4. The number of aryl methyl sites for hydroxylation is 2. The van der Waals surface area contributed by atoms with Gasteiger partial charge in [-0.1, -0.05) is 30.3 Å². The molecule has 0 bridgehead atoms. The number of para-hydroxylation sites is 1. The van der Waals surface area contributed by atoms with Crippen molar-refractivity contribution in [1.29, 1.82) is 0 Å². The molecule has 2 aromatic carbocycles. The highest BCUT2D eigenvalue weighted by Gasteiger charge is 2.23. The SMILES string of the molecule is Cc1ccccc1-c1c(-c2ncncn2)cc2ccccc2[n+]1C. The fourth-order valence-electron chi connectivity index (χ4n) is 3.15. The first-order valence-electron chi connectivity index (χ1n) is 7.86. The summed E-state index contributed by atoms with van der Waals surface area (Å²) in [5.41, 5.74) is 5.69. The second-order valence-electron chi connectivity index (χ2n) is 5.80. The molecule has 0 N–H and O–H groups in total. The van der Waals surface area contributed by atoms with Crippen molar-refractivity contribution in [2.75, 3.05) is 0 Å². The van der Waals surface area contributed by atoms with E-state index >= 15 is 0 Å². The summed E-state index contributed by atoms with van der Waals surface area (Å²) in [6, 6.07) is 18.9. The lowest BCUT2D eigenvalue weighted by molar-refractivity contribution is -0.633. The van der Waals surface area contributed by atoms with Gasteiger partial charge >= 0.3 is 0 Å². The first-order valence-corrected chi connectivity index (χ1v) is 7.86. The van der Waals surface area contributed by atoms with Gasteiger partial charge in [-0.3, -0.25) is 0 Å². The van der Waals surface area contributed by atoms with Gasteiger partial charge in [0, 0.05) is 17.0 Å². The monoisotopic (exact) mass is 313 g/mol. The topological polar surface area (TPSA) is 42.6 Å². The second-order valence-corrected chi connectivity index (χ2v) is 5.80. The molecule has 0 aliphatic heterocycles. The van der Waals surface area contributed by atoms with Crippen LogP contribution in [0.25, 0.3) is 33.5 Å². The molecule has 0 saturated carbocycles. The lowest BCUT2D eigenvalue weighted by Gasteiger charge is -2.11. The lowest BCUT2D eigenvalue weighted by atomic mass is 9.98. The maximum Gasteiger partial charge on any atom is 0.224 e. The van der Waals surface area contributed by atoms with Crippen molar-refractivity contribution in [3.05, 3.63) is 72.8 Å². The lowest BCUT2D eigenvalue weighted by Crippen LogP contribution is -2.33. The minimum absolute atomic E-state index is 0.685. The van der Waals surface area contributed by atoms with Crippen LogP contribution in [-0.2, 0) is 7.05 Å². The summed E-state index contributed by atoms with van der Waals surface area (Å²) in [5, 5.41) is 1.16. The third kappa shape index (κ3) is 2.33. The van der Waals surface area contributed by atoms with E-state index in [1.54, 1.807) is 12.7 Å².